The minimum absolute atomic E-state index is 0.763. The van der Waals surface area contributed by atoms with Gasteiger partial charge in [-0.2, -0.15) is 0 Å². The van der Waals surface area contributed by atoms with E-state index >= 15 is 0 Å². The van der Waals surface area contributed by atoms with Gasteiger partial charge >= 0.3 is 0 Å². The maximum absolute atomic E-state index is 4.85. The normalized spacial score (nSPS) is 14.6. The first-order valence-corrected chi connectivity index (χ1v) is 8.25. The number of hydrogen-bond acceptors (Lipinski definition) is 3. The summed E-state index contributed by atoms with van der Waals surface area (Å²) in [6.45, 7) is 9.78. The molecule has 1 fully saturated rings. The Morgan fingerprint density at radius 2 is 2.00 bits per heavy atom. The lowest BCUT2D eigenvalue weighted by molar-refractivity contribution is 0.683. The second-order valence-electron chi connectivity index (χ2n) is 5.81. The molecule has 1 aliphatic rings. The van der Waals surface area contributed by atoms with Crippen molar-refractivity contribution in [1.29, 1.82) is 0 Å². The first kappa shape index (κ1) is 15.3. The van der Waals surface area contributed by atoms with Gasteiger partial charge in [0.1, 0.15) is 5.82 Å². The molecule has 112 valence electrons. The van der Waals surface area contributed by atoms with Crippen LogP contribution in [0.1, 0.15) is 57.7 Å². The van der Waals surface area contributed by atoms with Gasteiger partial charge in [-0.1, -0.05) is 20.3 Å². The number of hydrogen-bond donors (Lipinski definition) is 1. The van der Waals surface area contributed by atoms with Gasteiger partial charge in [-0.25, -0.2) is 4.98 Å². The van der Waals surface area contributed by atoms with Gasteiger partial charge in [0.2, 0.25) is 0 Å². The van der Waals surface area contributed by atoms with Crippen LogP contribution in [0.2, 0.25) is 0 Å². The Hall–Kier alpha value is -1.09. The molecule has 1 aromatic heterocycles. The van der Waals surface area contributed by atoms with Gasteiger partial charge in [0, 0.05) is 31.4 Å². The minimum atomic E-state index is 0.763. The lowest BCUT2D eigenvalue weighted by atomic mass is 10.1. The molecular formula is C17H29N3. The van der Waals surface area contributed by atoms with Gasteiger partial charge in [-0.3, -0.25) is 0 Å². The summed E-state index contributed by atoms with van der Waals surface area (Å²) >= 11 is 0. The van der Waals surface area contributed by atoms with Crippen LogP contribution in [0.15, 0.2) is 12.1 Å². The Labute approximate surface area is 123 Å². The van der Waals surface area contributed by atoms with Gasteiger partial charge in [-0.05, 0) is 50.3 Å². The molecule has 0 aromatic carbocycles. The maximum atomic E-state index is 4.85. The van der Waals surface area contributed by atoms with E-state index in [0.29, 0.717) is 0 Å². The summed E-state index contributed by atoms with van der Waals surface area (Å²) in [7, 11) is 0. The molecule has 0 bridgehead atoms. The third kappa shape index (κ3) is 4.48. The van der Waals surface area contributed by atoms with E-state index in [2.05, 4.69) is 43.1 Å². The molecular weight excluding hydrogens is 246 g/mol. The van der Waals surface area contributed by atoms with Crippen LogP contribution in [0.4, 0.5) is 5.82 Å². The van der Waals surface area contributed by atoms with Crippen LogP contribution in [-0.2, 0) is 13.0 Å². The lowest BCUT2D eigenvalue weighted by Crippen LogP contribution is -2.25. The zero-order valence-corrected chi connectivity index (χ0v) is 13.3. The first-order chi connectivity index (χ1) is 9.76. The Balaban J connectivity index is 2.14. The monoisotopic (exact) mass is 275 g/mol. The van der Waals surface area contributed by atoms with Crippen molar-refractivity contribution in [1.82, 2.24) is 10.3 Å². The molecule has 0 aliphatic heterocycles. The zero-order valence-electron chi connectivity index (χ0n) is 13.3. The van der Waals surface area contributed by atoms with Crippen LogP contribution < -0.4 is 10.2 Å². The van der Waals surface area contributed by atoms with Crippen LogP contribution in [0.5, 0.6) is 0 Å². The Morgan fingerprint density at radius 3 is 2.60 bits per heavy atom. The summed E-state index contributed by atoms with van der Waals surface area (Å²) in [5.41, 5.74) is 2.63. The molecule has 2 rings (SSSR count). The molecule has 1 aliphatic carbocycles. The van der Waals surface area contributed by atoms with E-state index in [0.717, 1.165) is 44.3 Å². The molecule has 1 saturated carbocycles. The van der Waals surface area contributed by atoms with E-state index in [4.69, 9.17) is 4.98 Å². The van der Waals surface area contributed by atoms with Gasteiger partial charge in [-0.15, -0.1) is 0 Å². The van der Waals surface area contributed by atoms with E-state index in [-0.39, 0.29) is 0 Å². The number of aryl methyl sites for hydroxylation is 1. The van der Waals surface area contributed by atoms with Crippen molar-refractivity contribution in [3.63, 3.8) is 0 Å². The highest BCUT2D eigenvalue weighted by Gasteiger charge is 2.20. The van der Waals surface area contributed by atoms with Crippen molar-refractivity contribution in [2.75, 3.05) is 18.0 Å². The highest BCUT2D eigenvalue weighted by Crippen LogP contribution is 2.21. The smallest absolute Gasteiger partial charge is 0.129 e. The molecule has 0 unspecified atom stereocenters. The average molecular weight is 275 g/mol. The molecule has 3 heteroatoms. The van der Waals surface area contributed by atoms with Crippen molar-refractivity contribution in [2.45, 2.75) is 65.5 Å². The molecule has 3 nitrogen and oxygen atoms in total. The Bertz CT molecular complexity index is 413. The van der Waals surface area contributed by atoms with E-state index in [1.165, 1.54) is 30.5 Å². The van der Waals surface area contributed by atoms with E-state index in [9.17, 15) is 0 Å². The van der Waals surface area contributed by atoms with Crippen LogP contribution in [-0.4, -0.2) is 24.1 Å². The number of pyridine rings is 1. The quantitative estimate of drug-likeness (QED) is 0.747. The van der Waals surface area contributed by atoms with Gasteiger partial charge in [0.15, 0.2) is 0 Å². The third-order valence-corrected chi connectivity index (χ3v) is 3.80. The van der Waals surface area contributed by atoms with Gasteiger partial charge < -0.3 is 10.2 Å². The second kappa shape index (κ2) is 7.63. The summed E-state index contributed by atoms with van der Waals surface area (Å²) in [6, 6.07) is 5.31. The van der Waals surface area contributed by atoms with E-state index in [1.807, 2.05) is 0 Å². The molecule has 0 amide bonds. The number of nitrogens with zero attached hydrogens (tertiary/aromatic N) is 2. The lowest BCUT2D eigenvalue weighted by Gasteiger charge is -2.22. The van der Waals surface area contributed by atoms with Gasteiger partial charge in [0.05, 0.1) is 0 Å². The number of rotatable bonds is 9. The number of anilines is 1. The second-order valence-corrected chi connectivity index (χ2v) is 5.81. The summed E-state index contributed by atoms with van der Waals surface area (Å²) in [5, 5.41) is 3.61. The molecule has 1 aromatic rings. The van der Waals surface area contributed by atoms with Crippen LogP contribution in [0.25, 0.3) is 0 Å². The van der Waals surface area contributed by atoms with Crippen molar-refractivity contribution < 1.29 is 0 Å². The predicted molar refractivity (Wildman–Crippen MR) is 86.3 cm³/mol. The largest absolute Gasteiger partial charge is 0.357 e. The Kier molecular flexibility index (Phi) is 5.84. The van der Waals surface area contributed by atoms with E-state index in [1.54, 1.807) is 0 Å². The topological polar surface area (TPSA) is 28.2 Å². The van der Waals surface area contributed by atoms with Crippen molar-refractivity contribution >= 4 is 5.82 Å². The molecule has 0 spiro atoms. The predicted octanol–water partition coefficient (Wildman–Crippen LogP) is 3.52. The molecule has 0 radical (unpaired) electrons. The van der Waals surface area contributed by atoms with Crippen LogP contribution in [0.3, 0.4) is 0 Å². The molecule has 0 atom stereocenters. The standard InChI is InChI=1S/C17H29N3/c1-4-7-16-11-14(13-18-15-8-9-15)12-17(19-16)20(6-3)10-5-2/h11-12,15,18H,4-10,13H2,1-3H3. The fourth-order valence-electron chi connectivity index (χ4n) is 2.54. The van der Waals surface area contributed by atoms with Crippen LogP contribution in [0, 0.1) is 0 Å². The number of aromatic nitrogens is 1. The van der Waals surface area contributed by atoms with Crippen molar-refractivity contribution in [3.05, 3.63) is 23.4 Å². The highest BCUT2D eigenvalue weighted by atomic mass is 15.2. The third-order valence-electron chi connectivity index (χ3n) is 3.80. The van der Waals surface area contributed by atoms with E-state index < -0.39 is 0 Å². The zero-order chi connectivity index (χ0) is 14.4. The molecule has 1 heterocycles. The average Bonchev–Trinajstić information content (AvgIpc) is 3.27. The van der Waals surface area contributed by atoms with Crippen molar-refractivity contribution in [2.24, 2.45) is 0 Å². The summed E-state index contributed by atoms with van der Waals surface area (Å²) in [4.78, 5) is 7.24. The minimum Gasteiger partial charge on any atom is -0.357 e. The van der Waals surface area contributed by atoms with Gasteiger partial charge in [0.25, 0.3) is 0 Å². The van der Waals surface area contributed by atoms with Crippen molar-refractivity contribution in [3.8, 4) is 0 Å². The number of nitrogens with one attached hydrogen (secondary N) is 1. The first-order valence-electron chi connectivity index (χ1n) is 8.25. The fraction of sp³-hybridized carbons (Fsp3) is 0.706. The SMILES string of the molecule is CCCc1cc(CNC2CC2)cc(N(CC)CCC)n1. The summed E-state index contributed by atoms with van der Waals surface area (Å²) in [6.07, 6.45) is 6.09. The molecule has 1 N–H and O–H groups in total. The Morgan fingerprint density at radius 1 is 1.20 bits per heavy atom. The summed E-state index contributed by atoms with van der Waals surface area (Å²) in [5.74, 6) is 1.16. The highest BCUT2D eigenvalue weighted by molar-refractivity contribution is 5.42. The fourth-order valence-corrected chi connectivity index (χ4v) is 2.54. The summed E-state index contributed by atoms with van der Waals surface area (Å²) < 4.78 is 0. The molecule has 20 heavy (non-hydrogen) atoms. The van der Waals surface area contributed by atoms with Crippen LogP contribution >= 0.6 is 0 Å². The maximum Gasteiger partial charge on any atom is 0.129 e. The molecule has 0 saturated heterocycles.